The van der Waals surface area contributed by atoms with Crippen LogP contribution < -0.4 is 9.62 Å². The topological polar surface area (TPSA) is 92.3 Å². The summed E-state index contributed by atoms with van der Waals surface area (Å²) in [4.78, 5) is 12.7. The van der Waals surface area contributed by atoms with E-state index < -0.39 is 44.9 Å². The largest absolute Gasteiger partial charge is 0.417 e. The Labute approximate surface area is 223 Å². The molecule has 192 valence electrons. The van der Waals surface area contributed by atoms with Gasteiger partial charge in [0.05, 0.1) is 21.2 Å². The molecule has 0 atom stereocenters. The summed E-state index contributed by atoms with van der Waals surface area (Å²) in [7, 11) is -4.44. The molecule has 0 unspecified atom stereocenters. The molecule has 0 aliphatic heterocycles. The van der Waals surface area contributed by atoms with E-state index in [-0.39, 0.29) is 10.0 Å². The molecule has 1 N–H and O–H groups in total. The molecule has 4 rings (SSSR count). The van der Waals surface area contributed by atoms with Gasteiger partial charge in [-0.15, -0.1) is 10.2 Å². The van der Waals surface area contributed by atoms with Crippen molar-refractivity contribution >= 4 is 61.3 Å². The minimum atomic E-state index is -4.85. The van der Waals surface area contributed by atoms with Crippen molar-refractivity contribution in [1.82, 2.24) is 10.2 Å². The van der Waals surface area contributed by atoms with Gasteiger partial charge < -0.3 is 0 Å². The first-order valence-electron chi connectivity index (χ1n) is 10.3. The van der Waals surface area contributed by atoms with E-state index >= 15 is 0 Å². The maximum Gasteiger partial charge on any atom is 0.417 e. The van der Waals surface area contributed by atoms with Crippen LogP contribution in [0.5, 0.6) is 0 Å². The zero-order valence-corrected chi connectivity index (χ0v) is 21.6. The molecule has 1 aromatic heterocycles. The molecule has 1 amide bonds. The number of sulfonamides is 1. The van der Waals surface area contributed by atoms with Crippen molar-refractivity contribution < 1.29 is 26.4 Å². The van der Waals surface area contributed by atoms with E-state index in [0.717, 1.165) is 23.5 Å². The predicted octanol–water partition coefficient (Wildman–Crippen LogP) is 6.36. The van der Waals surface area contributed by atoms with E-state index in [4.69, 9.17) is 23.2 Å². The molecule has 0 saturated carbocycles. The van der Waals surface area contributed by atoms with Crippen LogP contribution in [0.15, 0.2) is 77.7 Å². The number of alkyl halides is 3. The van der Waals surface area contributed by atoms with Crippen LogP contribution in [0.1, 0.15) is 5.56 Å². The van der Waals surface area contributed by atoms with Gasteiger partial charge >= 0.3 is 6.18 Å². The molecule has 0 saturated heterocycles. The number of aromatic nitrogens is 2. The fraction of sp³-hybridized carbons (Fsp3) is 0.0870. The molecule has 7 nitrogen and oxygen atoms in total. The van der Waals surface area contributed by atoms with Crippen molar-refractivity contribution in [2.24, 2.45) is 0 Å². The average molecular weight is 587 g/mol. The Hall–Kier alpha value is -3.19. The van der Waals surface area contributed by atoms with E-state index in [1.54, 1.807) is 30.3 Å². The number of carbonyl (C=O) groups excluding carboxylic acids is 1. The van der Waals surface area contributed by atoms with Crippen LogP contribution >= 0.6 is 34.5 Å². The molecule has 1 heterocycles. The Kier molecular flexibility index (Phi) is 7.74. The van der Waals surface area contributed by atoms with E-state index in [0.29, 0.717) is 26.0 Å². The van der Waals surface area contributed by atoms with Crippen LogP contribution in [-0.2, 0) is 21.0 Å². The third-order valence-electron chi connectivity index (χ3n) is 4.92. The van der Waals surface area contributed by atoms with Gasteiger partial charge in [-0.1, -0.05) is 64.9 Å². The lowest BCUT2D eigenvalue weighted by molar-refractivity contribution is -0.137. The molecule has 0 bridgehead atoms. The van der Waals surface area contributed by atoms with E-state index in [2.05, 4.69) is 15.5 Å². The van der Waals surface area contributed by atoms with Crippen LogP contribution in [0.4, 0.5) is 24.0 Å². The highest BCUT2D eigenvalue weighted by atomic mass is 35.5. The third kappa shape index (κ3) is 6.21. The van der Waals surface area contributed by atoms with Crippen LogP contribution in [-0.4, -0.2) is 31.1 Å². The zero-order valence-electron chi connectivity index (χ0n) is 18.4. The Morgan fingerprint density at radius 1 is 0.973 bits per heavy atom. The number of amides is 1. The molecular formula is C23H15Cl2F3N4O3S2. The van der Waals surface area contributed by atoms with Crippen LogP contribution in [0.25, 0.3) is 10.6 Å². The van der Waals surface area contributed by atoms with Gasteiger partial charge in [0.25, 0.3) is 10.0 Å². The van der Waals surface area contributed by atoms with Gasteiger partial charge in [0, 0.05) is 10.6 Å². The van der Waals surface area contributed by atoms with Gasteiger partial charge in [0.2, 0.25) is 11.0 Å². The summed E-state index contributed by atoms with van der Waals surface area (Å²) in [6, 6.07) is 16.4. The van der Waals surface area contributed by atoms with Crippen molar-refractivity contribution in [3.8, 4) is 10.6 Å². The summed E-state index contributed by atoms with van der Waals surface area (Å²) in [6.45, 7) is -0.841. The minimum Gasteiger partial charge on any atom is -0.299 e. The number of rotatable bonds is 7. The van der Waals surface area contributed by atoms with Gasteiger partial charge in [-0.05, 0) is 42.5 Å². The highest BCUT2D eigenvalue weighted by Crippen LogP contribution is 2.38. The van der Waals surface area contributed by atoms with Crippen molar-refractivity contribution in [2.45, 2.75) is 11.1 Å². The Balaban J connectivity index is 1.65. The number of halogens is 5. The number of anilines is 2. The Morgan fingerprint density at radius 3 is 2.30 bits per heavy atom. The summed E-state index contributed by atoms with van der Waals surface area (Å²) in [5.74, 6) is -0.846. The highest BCUT2D eigenvalue weighted by Gasteiger charge is 2.35. The van der Waals surface area contributed by atoms with E-state index in [1.807, 2.05) is 0 Å². The Bertz CT molecular complexity index is 1530. The first-order chi connectivity index (χ1) is 17.4. The maximum atomic E-state index is 13.5. The van der Waals surface area contributed by atoms with Gasteiger partial charge in [-0.3, -0.25) is 14.4 Å². The molecule has 4 aromatic rings. The molecule has 37 heavy (non-hydrogen) atoms. The van der Waals surface area contributed by atoms with Crippen molar-refractivity contribution in [1.29, 1.82) is 0 Å². The molecule has 0 radical (unpaired) electrons. The van der Waals surface area contributed by atoms with Gasteiger partial charge in [0.1, 0.15) is 11.6 Å². The number of nitrogens with one attached hydrogen (secondary N) is 1. The smallest absolute Gasteiger partial charge is 0.299 e. The summed E-state index contributed by atoms with van der Waals surface area (Å²) < 4.78 is 67.8. The highest BCUT2D eigenvalue weighted by molar-refractivity contribution is 7.92. The molecule has 0 aliphatic rings. The van der Waals surface area contributed by atoms with Crippen LogP contribution in [0.3, 0.4) is 0 Å². The van der Waals surface area contributed by atoms with Gasteiger partial charge in [-0.25, -0.2) is 8.42 Å². The second-order valence-electron chi connectivity index (χ2n) is 7.45. The second-order valence-corrected chi connectivity index (χ2v) is 11.1. The first-order valence-corrected chi connectivity index (χ1v) is 13.3. The van der Waals surface area contributed by atoms with Crippen LogP contribution in [0, 0.1) is 0 Å². The lowest BCUT2D eigenvalue weighted by atomic mass is 10.2. The van der Waals surface area contributed by atoms with E-state index in [1.165, 1.54) is 24.3 Å². The fourth-order valence-corrected chi connectivity index (χ4v) is 5.74. The van der Waals surface area contributed by atoms with Gasteiger partial charge in [-0.2, -0.15) is 13.2 Å². The number of hydrogen-bond acceptors (Lipinski definition) is 6. The molecule has 14 heteroatoms. The quantitative estimate of drug-likeness (QED) is 0.272. The monoisotopic (exact) mass is 586 g/mol. The average Bonchev–Trinajstić information content (AvgIpc) is 3.31. The van der Waals surface area contributed by atoms with Gasteiger partial charge in [0.15, 0.2) is 0 Å². The SMILES string of the molecule is O=C(CN(c1ccc(Cl)c(C(F)(F)F)c1)S(=O)(=O)c1ccccc1)Nc1nnc(-c2ccc(Cl)cc2)s1. The lowest BCUT2D eigenvalue weighted by Gasteiger charge is -2.25. The zero-order chi connectivity index (χ0) is 26.8. The summed E-state index contributed by atoms with van der Waals surface area (Å²) in [5, 5.41) is 10.8. The third-order valence-corrected chi connectivity index (χ3v) is 8.18. The van der Waals surface area contributed by atoms with Crippen molar-refractivity contribution in [3.63, 3.8) is 0 Å². The summed E-state index contributed by atoms with van der Waals surface area (Å²) in [5.41, 5.74) is -0.941. The molecular weight excluding hydrogens is 572 g/mol. The first kappa shape index (κ1) is 26.9. The second kappa shape index (κ2) is 10.7. The van der Waals surface area contributed by atoms with E-state index in [9.17, 15) is 26.4 Å². The maximum absolute atomic E-state index is 13.5. The normalized spacial score (nSPS) is 11.8. The Morgan fingerprint density at radius 2 is 1.65 bits per heavy atom. The standard InChI is InChI=1S/C23H15Cl2F3N4O3S2/c24-15-8-6-14(7-9-15)21-30-31-22(36-21)29-20(33)13-32(37(34,35)17-4-2-1-3-5-17)16-10-11-19(25)18(12-16)23(26,27)28/h1-12H,13H2,(H,29,31,33). The minimum absolute atomic E-state index is 0.0686. The van der Waals surface area contributed by atoms with Crippen LogP contribution in [0.2, 0.25) is 10.0 Å². The lowest BCUT2D eigenvalue weighted by Crippen LogP contribution is -2.38. The number of benzene rings is 3. The predicted molar refractivity (Wildman–Crippen MR) is 136 cm³/mol. The molecule has 0 aliphatic carbocycles. The number of nitrogens with zero attached hydrogens (tertiary/aromatic N) is 3. The molecule has 0 fully saturated rings. The molecule has 3 aromatic carbocycles. The summed E-state index contributed by atoms with van der Waals surface area (Å²) >= 11 is 12.6. The number of hydrogen-bond donors (Lipinski definition) is 1. The van der Waals surface area contributed by atoms with Crippen molar-refractivity contribution in [2.75, 3.05) is 16.2 Å². The summed E-state index contributed by atoms with van der Waals surface area (Å²) in [6.07, 6.45) is -4.85. The number of carbonyl (C=O) groups is 1. The van der Waals surface area contributed by atoms with Crippen molar-refractivity contribution in [3.05, 3.63) is 88.4 Å². The fourth-order valence-electron chi connectivity index (χ4n) is 3.19. The molecule has 0 spiro atoms.